The van der Waals surface area contributed by atoms with Crippen molar-refractivity contribution >= 4 is 16.1 Å². The zero-order valence-electron chi connectivity index (χ0n) is 14.8. The molecule has 4 rings (SSSR count). The molecule has 148 valence electrons. The van der Waals surface area contributed by atoms with Gasteiger partial charge in [0.05, 0.1) is 18.7 Å². The molecule has 26 heavy (non-hydrogen) atoms. The average molecular weight is 389 g/mol. The van der Waals surface area contributed by atoms with Gasteiger partial charge in [0, 0.05) is 6.04 Å². The van der Waals surface area contributed by atoms with Crippen LogP contribution >= 0.6 is 0 Å². The molecule has 0 aromatic heterocycles. The van der Waals surface area contributed by atoms with Gasteiger partial charge in [-0.2, -0.15) is 12.7 Å². The number of carbonyl (C=O) groups is 1. The van der Waals surface area contributed by atoms with Gasteiger partial charge in [0.25, 0.3) is 0 Å². The largest absolute Gasteiger partial charge is 0.391 e. The van der Waals surface area contributed by atoms with Crippen LogP contribution in [-0.4, -0.2) is 61.2 Å². The molecule has 4 aliphatic rings. The third-order valence-electron chi connectivity index (χ3n) is 6.59. The smallest absolute Gasteiger partial charge is 0.304 e. The number of aliphatic hydroxyl groups excluding tert-OH is 1. The molecule has 3 aliphatic carbocycles. The molecule has 0 aromatic rings. The highest BCUT2D eigenvalue weighted by atomic mass is 32.2. The van der Waals surface area contributed by atoms with E-state index in [0.717, 1.165) is 29.6 Å². The van der Waals surface area contributed by atoms with Gasteiger partial charge in [-0.25, -0.2) is 9.11 Å². The summed E-state index contributed by atoms with van der Waals surface area (Å²) in [6, 6.07) is -0.926. The molecule has 7 nitrogen and oxygen atoms in total. The number of hydrogen-bond acceptors (Lipinski definition) is 5. The van der Waals surface area contributed by atoms with E-state index >= 15 is 4.39 Å². The van der Waals surface area contributed by atoms with Gasteiger partial charge < -0.3 is 10.4 Å². The van der Waals surface area contributed by atoms with E-state index in [9.17, 15) is 18.3 Å². The highest BCUT2D eigenvalue weighted by molar-refractivity contribution is 7.88. The van der Waals surface area contributed by atoms with Gasteiger partial charge in [-0.3, -0.25) is 4.79 Å². The highest BCUT2D eigenvalue weighted by Gasteiger charge is 2.53. The van der Waals surface area contributed by atoms with E-state index in [0.29, 0.717) is 12.8 Å². The van der Waals surface area contributed by atoms with Gasteiger partial charge in [0.2, 0.25) is 5.91 Å². The van der Waals surface area contributed by atoms with Crippen molar-refractivity contribution < 1.29 is 22.7 Å². The summed E-state index contributed by atoms with van der Waals surface area (Å²) in [5.74, 6) is -0.0182. The summed E-state index contributed by atoms with van der Waals surface area (Å²) < 4.78 is 42.3. The summed E-state index contributed by atoms with van der Waals surface area (Å²) in [5.41, 5.74) is 0. The van der Waals surface area contributed by atoms with Crippen molar-refractivity contribution in [2.45, 2.75) is 69.3 Å². The van der Waals surface area contributed by atoms with E-state index in [1.165, 1.54) is 19.3 Å². The van der Waals surface area contributed by atoms with Crippen molar-refractivity contribution in [2.24, 2.45) is 17.8 Å². The van der Waals surface area contributed by atoms with Gasteiger partial charge in [-0.05, 0) is 56.4 Å². The number of aliphatic hydroxyl groups is 1. The SMILES string of the molecule is O=C1CN(C2C(O)CC3CC[C@@H](NCCC4CC4)CC3C2F)S(=O)(=O)N1. The molecule has 1 heterocycles. The van der Waals surface area contributed by atoms with Gasteiger partial charge >= 0.3 is 10.2 Å². The second-order valence-electron chi connectivity index (χ2n) is 8.43. The van der Waals surface area contributed by atoms with E-state index in [-0.39, 0.29) is 17.9 Å². The van der Waals surface area contributed by atoms with Crippen LogP contribution in [0, 0.1) is 17.8 Å². The topological polar surface area (TPSA) is 98.7 Å². The van der Waals surface area contributed by atoms with Crippen LogP contribution in [0.4, 0.5) is 4.39 Å². The minimum absolute atomic E-state index is 0.0756. The van der Waals surface area contributed by atoms with Gasteiger partial charge in [-0.15, -0.1) is 0 Å². The molecular weight excluding hydrogens is 361 g/mol. The second-order valence-corrected chi connectivity index (χ2v) is 10.1. The van der Waals surface area contributed by atoms with E-state index < -0.39 is 41.0 Å². The van der Waals surface area contributed by atoms with Crippen LogP contribution in [0.5, 0.6) is 0 Å². The van der Waals surface area contributed by atoms with Crippen molar-refractivity contribution in [2.75, 3.05) is 13.1 Å². The van der Waals surface area contributed by atoms with Crippen molar-refractivity contribution in [3.05, 3.63) is 0 Å². The lowest BCUT2D eigenvalue weighted by Gasteiger charge is -2.48. The van der Waals surface area contributed by atoms with Crippen LogP contribution in [0.2, 0.25) is 0 Å². The molecule has 0 spiro atoms. The van der Waals surface area contributed by atoms with E-state index in [1.807, 2.05) is 4.72 Å². The lowest BCUT2D eigenvalue weighted by atomic mass is 9.66. The molecule has 1 amide bonds. The first kappa shape index (κ1) is 18.6. The van der Waals surface area contributed by atoms with Crippen LogP contribution in [0.25, 0.3) is 0 Å². The Morgan fingerprint density at radius 2 is 2.00 bits per heavy atom. The number of fused-ring (bicyclic) bond motifs is 1. The van der Waals surface area contributed by atoms with E-state index in [4.69, 9.17) is 0 Å². The summed E-state index contributed by atoms with van der Waals surface area (Å²) in [5, 5.41) is 14.0. The van der Waals surface area contributed by atoms with E-state index in [1.54, 1.807) is 0 Å². The Bertz CT molecular complexity index is 656. The summed E-state index contributed by atoms with van der Waals surface area (Å²) >= 11 is 0. The third-order valence-corrected chi connectivity index (χ3v) is 8.06. The van der Waals surface area contributed by atoms with Crippen LogP contribution in [0.15, 0.2) is 0 Å². The predicted molar refractivity (Wildman–Crippen MR) is 93.0 cm³/mol. The minimum atomic E-state index is -4.05. The zero-order valence-corrected chi connectivity index (χ0v) is 15.6. The fraction of sp³-hybridized carbons (Fsp3) is 0.941. The minimum Gasteiger partial charge on any atom is -0.391 e. The number of rotatable bonds is 5. The number of halogens is 1. The fourth-order valence-corrected chi connectivity index (χ4v) is 6.36. The maximum Gasteiger partial charge on any atom is 0.304 e. The molecule has 4 fully saturated rings. The Balaban J connectivity index is 1.43. The summed E-state index contributed by atoms with van der Waals surface area (Å²) in [6.45, 7) is 0.541. The molecule has 3 saturated carbocycles. The Hall–Kier alpha value is -0.770. The Morgan fingerprint density at radius 1 is 1.23 bits per heavy atom. The van der Waals surface area contributed by atoms with Crippen LogP contribution in [0.3, 0.4) is 0 Å². The molecule has 0 aromatic carbocycles. The summed E-state index contributed by atoms with van der Waals surface area (Å²) in [4.78, 5) is 11.5. The Labute approximate surface area is 153 Å². The number of carbonyl (C=O) groups excluding carboxylic acids is 1. The first-order valence-corrected chi connectivity index (χ1v) is 11.2. The van der Waals surface area contributed by atoms with Crippen molar-refractivity contribution in [1.82, 2.24) is 14.3 Å². The van der Waals surface area contributed by atoms with Crippen molar-refractivity contribution in [1.29, 1.82) is 0 Å². The van der Waals surface area contributed by atoms with Crippen LogP contribution in [-0.2, 0) is 15.0 Å². The molecule has 0 bridgehead atoms. The number of nitrogens with zero attached hydrogens (tertiary/aromatic N) is 1. The van der Waals surface area contributed by atoms with Crippen LogP contribution in [0.1, 0.15) is 44.9 Å². The zero-order chi connectivity index (χ0) is 18.5. The quantitative estimate of drug-likeness (QED) is 0.629. The Morgan fingerprint density at radius 3 is 2.65 bits per heavy atom. The summed E-state index contributed by atoms with van der Waals surface area (Å²) in [6.07, 6.45) is 4.15. The van der Waals surface area contributed by atoms with E-state index in [2.05, 4.69) is 5.32 Å². The molecule has 0 radical (unpaired) electrons. The summed E-state index contributed by atoms with van der Waals surface area (Å²) in [7, 11) is -4.05. The standard InChI is InChI=1S/C17H28FN3O4S/c18-16-13-8-12(19-6-5-10-1-2-10)4-3-11(13)7-14(22)17(16)21-9-15(23)20-26(21,24)25/h10-14,16-17,19,22H,1-9H2,(H,20,23)/t11?,12-,13?,14?,16?,17?/m1/s1. The normalized spacial score (nSPS) is 43.1. The van der Waals surface area contributed by atoms with Crippen molar-refractivity contribution in [3.8, 4) is 0 Å². The molecule has 5 unspecified atom stereocenters. The number of alkyl halides is 1. The van der Waals surface area contributed by atoms with Crippen molar-refractivity contribution in [3.63, 3.8) is 0 Å². The molecule has 1 aliphatic heterocycles. The van der Waals surface area contributed by atoms with Crippen LogP contribution < -0.4 is 10.0 Å². The maximum absolute atomic E-state index is 15.4. The molecule has 3 N–H and O–H groups in total. The third kappa shape index (κ3) is 3.63. The Kier molecular flexibility index (Phi) is 5.00. The average Bonchev–Trinajstić information content (AvgIpc) is 3.33. The number of nitrogens with one attached hydrogen (secondary N) is 2. The lowest BCUT2D eigenvalue weighted by Crippen LogP contribution is -2.59. The maximum atomic E-state index is 15.4. The monoisotopic (exact) mass is 389 g/mol. The predicted octanol–water partition coefficient (Wildman–Crippen LogP) is 0.309. The fourth-order valence-electron chi connectivity index (χ4n) is 5.03. The molecule has 6 atom stereocenters. The van der Waals surface area contributed by atoms with Gasteiger partial charge in [-0.1, -0.05) is 12.8 Å². The lowest BCUT2D eigenvalue weighted by molar-refractivity contribution is -0.119. The first-order valence-electron chi connectivity index (χ1n) is 9.73. The number of hydrogen-bond donors (Lipinski definition) is 3. The number of amides is 1. The van der Waals surface area contributed by atoms with Gasteiger partial charge in [0.1, 0.15) is 6.17 Å². The second kappa shape index (κ2) is 7.00. The molecule has 9 heteroatoms. The molecule has 1 saturated heterocycles. The first-order chi connectivity index (χ1) is 12.3. The van der Waals surface area contributed by atoms with Gasteiger partial charge in [0.15, 0.2) is 0 Å². The highest BCUT2D eigenvalue weighted by Crippen LogP contribution is 2.44. The molecular formula is C17H28FN3O4S.